The van der Waals surface area contributed by atoms with E-state index in [1.165, 1.54) is 29.1 Å². The Balaban J connectivity index is 3.09. The fourth-order valence-electron chi connectivity index (χ4n) is 0.778. The monoisotopic (exact) mass is 136 g/mol. The van der Waals surface area contributed by atoms with Gasteiger partial charge in [-0.15, -0.1) is 0 Å². The lowest BCUT2D eigenvalue weighted by Crippen LogP contribution is -2.09. The maximum absolute atomic E-state index is 10.9. The molecule has 2 aromatic rings. The third-order valence-electron chi connectivity index (χ3n) is 1.23. The van der Waals surface area contributed by atoms with E-state index < -0.39 is 0 Å². The molecule has 50 valence electrons. The van der Waals surface area contributed by atoms with Crippen molar-refractivity contribution in [3.05, 3.63) is 35.1 Å². The van der Waals surface area contributed by atoms with Crippen molar-refractivity contribution in [3.8, 4) is 0 Å². The van der Waals surface area contributed by atoms with Crippen molar-refractivity contribution in [2.45, 2.75) is 0 Å². The molecule has 10 heavy (non-hydrogen) atoms. The van der Waals surface area contributed by atoms with E-state index in [1.807, 2.05) is 0 Å². The first-order valence-electron chi connectivity index (χ1n) is 2.79. The van der Waals surface area contributed by atoms with Crippen LogP contribution in [0.3, 0.4) is 0 Å². The van der Waals surface area contributed by atoms with E-state index in [9.17, 15) is 4.79 Å². The van der Waals surface area contributed by atoms with E-state index in [0.717, 1.165) is 0 Å². The van der Waals surface area contributed by atoms with Crippen molar-refractivity contribution in [1.29, 1.82) is 0 Å². The smallest absolute Gasteiger partial charge is 0.308 e. The lowest BCUT2D eigenvalue weighted by molar-refractivity contribution is 0.590. The fraction of sp³-hybridized carbons (Fsp3) is 0. The Morgan fingerprint density at radius 2 is 2.50 bits per heavy atom. The number of fused-ring (bicyclic) bond motifs is 1. The fourth-order valence-corrected chi connectivity index (χ4v) is 0.778. The molecule has 0 radical (unpaired) electrons. The molecular weight excluding hydrogens is 132 g/mol. The highest BCUT2D eigenvalue weighted by Crippen LogP contribution is 1.93. The first-order valence-corrected chi connectivity index (χ1v) is 2.79. The minimum Gasteiger partial charge on any atom is -0.432 e. The molecule has 0 saturated carbocycles. The number of hydrogen-bond donors (Lipinski definition) is 0. The first-order chi connectivity index (χ1) is 4.88. The van der Waals surface area contributed by atoms with Gasteiger partial charge in [0.15, 0.2) is 0 Å². The standard InChI is InChI=1S/C6H4N2O2/c9-5-1-2-7-6-8(5)3-4-10-6/h1-4H. The number of nitrogens with zero attached hydrogens (tertiary/aromatic N) is 2. The summed E-state index contributed by atoms with van der Waals surface area (Å²) in [6, 6.07) is 1.38. The van der Waals surface area contributed by atoms with E-state index in [1.54, 1.807) is 0 Å². The van der Waals surface area contributed by atoms with Gasteiger partial charge in [-0.05, 0) is 0 Å². The molecular formula is C6H4N2O2. The highest BCUT2D eigenvalue weighted by Gasteiger charge is 1.95. The quantitative estimate of drug-likeness (QED) is 0.522. The van der Waals surface area contributed by atoms with Gasteiger partial charge in [0, 0.05) is 12.3 Å². The number of oxazole rings is 1. The zero-order valence-electron chi connectivity index (χ0n) is 5.02. The summed E-state index contributed by atoms with van der Waals surface area (Å²) in [4.78, 5) is 14.7. The molecule has 0 saturated heterocycles. The highest BCUT2D eigenvalue weighted by molar-refractivity contribution is 5.20. The maximum atomic E-state index is 10.9. The van der Waals surface area contributed by atoms with Crippen LogP contribution in [0.2, 0.25) is 0 Å². The number of hydrogen-bond acceptors (Lipinski definition) is 3. The van der Waals surface area contributed by atoms with Gasteiger partial charge < -0.3 is 4.42 Å². The second-order valence-corrected chi connectivity index (χ2v) is 1.84. The van der Waals surface area contributed by atoms with Crippen molar-refractivity contribution in [2.24, 2.45) is 0 Å². The molecule has 2 heterocycles. The summed E-state index contributed by atoms with van der Waals surface area (Å²) in [5.74, 6) is 0.326. The average Bonchev–Trinajstić information content (AvgIpc) is 2.36. The lowest BCUT2D eigenvalue weighted by atomic mass is 10.6. The molecule has 0 aliphatic carbocycles. The number of rotatable bonds is 0. The molecule has 4 heteroatoms. The van der Waals surface area contributed by atoms with Crippen molar-refractivity contribution < 1.29 is 4.42 Å². The minimum absolute atomic E-state index is 0.126. The molecule has 0 amide bonds. The Kier molecular flexibility index (Phi) is 0.887. The molecule has 0 aliphatic heterocycles. The van der Waals surface area contributed by atoms with Crippen LogP contribution in [0.5, 0.6) is 0 Å². The molecule has 2 rings (SSSR count). The Bertz CT molecular complexity index is 401. The Morgan fingerprint density at radius 1 is 1.60 bits per heavy atom. The largest absolute Gasteiger partial charge is 0.432 e. The van der Waals surface area contributed by atoms with Gasteiger partial charge in [0.25, 0.3) is 5.56 Å². The summed E-state index contributed by atoms with van der Waals surface area (Å²) in [7, 11) is 0. The van der Waals surface area contributed by atoms with Gasteiger partial charge in [-0.2, -0.15) is 0 Å². The summed E-state index contributed by atoms with van der Waals surface area (Å²) in [5.41, 5.74) is -0.126. The van der Waals surface area contributed by atoms with Crippen LogP contribution in [0, 0.1) is 0 Å². The minimum atomic E-state index is -0.126. The number of aromatic nitrogens is 2. The Morgan fingerprint density at radius 3 is 3.30 bits per heavy atom. The van der Waals surface area contributed by atoms with Crippen molar-refractivity contribution in [3.63, 3.8) is 0 Å². The predicted molar refractivity (Wildman–Crippen MR) is 33.7 cm³/mol. The predicted octanol–water partition coefficient (Wildman–Crippen LogP) is 0.287. The molecule has 0 aromatic carbocycles. The SMILES string of the molecule is O=c1ccnc2occn12. The molecule has 0 unspecified atom stereocenters. The maximum Gasteiger partial charge on any atom is 0.308 e. The molecule has 0 N–H and O–H groups in total. The highest BCUT2D eigenvalue weighted by atomic mass is 16.3. The first kappa shape index (κ1) is 5.22. The van der Waals surface area contributed by atoms with Crippen LogP contribution in [0.1, 0.15) is 0 Å². The summed E-state index contributed by atoms with van der Waals surface area (Å²) in [5, 5.41) is 0. The van der Waals surface area contributed by atoms with E-state index in [2.05, 4.69) is 4.98 Å². The summed E-state index contributed by atoms with van der Waals surface area (Å²) in [6.07, 6.45) is 4.37. The van der Waals surface area contributed by atoms with Gasteiger partial charge in [-0.25, -0.2) is 9.38 Å². The van der Waals surface area contributed by atoms with Gasteiger partial charge in [-0.3, -0.25) is 4.79 Å². The van der Waals surface area contributed by atoms with Crippen molar-refractivity contribution in [2.75, 3.05) is 0 Å². The van der Waals surface area contributed by atoms with Gasteiger partial charge in [0.05, 0.1) is 6.20 Å². The second-order valence-electron chi connectivity index (χ2n) is 1.84. The molecule has 0 aliphatic rings. The summed E-state index contributed by atoms with van der Waals surface area (Å²) < 4.78 is 6.18. The van der Waals surface area contributed by atoms with Crippen LogP contribution in [0.25, 0.3) is 5.84 Å². The van der Waals surface area contributed by atoms with Crippen LogP contribution in [-0.4, -0.2) is 9.38 Å². The van der Waals surface area contributed by atoms with Gasteiger partial charge in [0.2, 0.25) is 0 Å². The topological polar surface area (TPSA) is 47.5 Å². The van der Waals surface area contributed by atoms with E-state index in [4.69, 9.17) is 4.42 Å². The summed E-state index contributed by atoms with van der Waals surface area (Å²) in [6.45, 7) is 0. The lowest BCUT2D eigenvalue weighted by Gasteiger charge is -1.84. The third-order valence-corrected chi connectivity index (χ3v) is 1.23. The van der Waals surface area contributed by atoms with Gasteiger partial charge >= 0.3 is 5.84 Å². The third kappa shape index (κ3) is 0.556. The molecule has 0 bridgehead atoms. The van der Waals surface area contributed by atoms with Crippen LogP contribution in [0.15, 0.2) is 33.9 Å². The van der Waals surface area contributed by atoms with E-state index in [-0.39, 0.29) is 5.56 Å². The van der Waals surface area contributed by atoms with Crippen LogP contribution in [0.4, 0.5) is 0 Å². The molecule has 0 fully saturated rings. The summed E-state index contributed by atoms with van der Waals surface area (Å²) >= 11 is 0. The Hall–Kier alpha value is -1.58. The molecule has 2 aromatic heterocycles. The normalized spacial score (nSPS) is 10.4. The van der Waals surface area contributed by atoms with Gasteiger partial charge in [0.1, 0.15) is 6.26 Å². The van der Waals surface area contributed by atoms with Crippen LogP contribution >= 0.6 is 0 Å². The zero-order valence-corrected chi connectivity index (χ0v) is 5.02. The Labute approximate surface area is 55.7 Å². The van der Waals surface area contributed by atoms with E-state index in [0.29, 0.717) is 5.84 Å². The van der Waals surface area contributed by atoms with Gasteiger partial charge in [-0.1, -0.05) is 0 Å². The van der Waals surface area contributed by atoms with Crippen molar-refractivity contribution in [1.82, 2.24) is 9.38 Å². The average molecular weight is 136 g/mol. The zero-order chi connectivity index (χ0) is 6.97. The second kappa shape index (κ2) is 1.70. The van der Waals surface area contributed by atoms with E-state index >= 15 is 0 Å². The molecule has 0 spiro atoms. The molecule has 4 nitrogen and oxygen atoms in total. The van der Waals surface area contributed by atoms with Crippen LogP contribution < -0.4 is 5.56 Å². The van der Waals surface area contributed by atoms with Crippen LogP contribution in [-0.2, 0) is 0 Å². The van der Waals surface area contributed by atoms with Crippen molar-refractivity contribution >= 4 is 5.84 Å². The molecule has 0 atom stereocenters.